The van der Waals surface area contributed by atoms with E-state index < -0.39 is 23.6 Å². The number of hydrogen-bond donors (Lipinski definition) is 5. The lowest BCUT2D eigenvalue weighted by atomic mass is 10.1. The van der Waals surface area contributed by atoms with Gasteiger partial charge < -0.3 is 21.3 Å². The number of anilines is 4. The fourth-order valence-electron chi connectivity index (χ4n) is 3.46. The van der Waals surface area contributed by atoms with Crippen molar-refractivity contribution in [1.29, 1.82) is 0 Å². The van der Waals surface area contributed by atoms with E-state index in [2.05, 4.69) is 38.0 Å². The second-order valence-corrected chi connectivity index (χ2v) is 8.78. The Kier molecular flexibility index (Phi) is 8.40. The van der Waals surface area contributed by atoms with Crippen LogP contribution in [-0.4, -0.2) is 33.8 Å². The molecule has 196 valence electrons. The number of rotatable bonds is 8. The molecular weight excluding hydrogens is 543 g/mol. The topological polar surface area (TPSA) is 145 Å². The number of benzene rings is 3. The quantitative estimate of drug-likeness (QED) is 0.177. The Morgan fingerprint density at radius 1 is 0.744 bits per heavy atom. The number of H-pyrrole nitrogens is 1. The maximum Gasteiger partial charge on any atom is 0.278 e. The van der Waals surface area contributed by atoms with Crippen LogP contribution in [0.3, 0.4) is 0 Å². The smallest absolute Gasteiger partial charge is 0.278 e. The summed E-state index contributed by atoms with van der Waals surface area (Å²) in [6.45, 7) is 3.40. The van der Waals surface area contributed by atoms with E-state index in [-0.39, 0.29) is 27.0 Å². The van der Waals surface area contributed by atoms with Crippen molar-refractivity contribution in [3.05, 3.63) is 112 Å². The Bertz CT molecular complexity index is 1580. The van der Waals surface area contributed by atoms with Gasteiger partial charge in [-0.3, -0.25) is 24.3 Å². The molecule has 0 aliphatic heterocycles. The monoisotopic (exact) mass is 562 g/mol. The van der Waals surface area contributed by atoms with Crippen molar-refractivity contribution >= 4 is 69.6 Å². The molecule has 0 radical (unpaired) electrons. The van der Waals surface area contributed by atoms with Crippen LogP contribution >= 0.6 is 23.2 Å². The maximum absolute atomic E-state index is 12.9. The maximum atomic E-state index is 12.9. The van der Waals surface area contributed by atoms with Crippen LogP contribution in [-0.2, 0) is 4.79 Å². The first-order chi connectivity index (χ1) is 18.7. The van der Waals surface area contributed by atoms with Gasteiger partial charge in [0.15, 0.2) is 5.69 Å². The van der Waals surface area contributed by atoms with Gasteiger partial charge in [0.1, 0.15) is 0 Å². The molecular formula is C27H20Cl2N6O4. The molecule has 0 spiro atoms. The molecule has 0 aliphatic rings. The first-order valence-electron chi connectivity index (χ1n) is 11.3. The number of aromatic nitrogens is 2. The zero-order valence-electron chi connectivity index (χ0n) is 20.0. The summed E-state index contributed by atoms with van der Waals surface area (Å²) in [4.78, 5) is 49.9. The van der Waals surface area contributed by atoms with Crippen molar-refractivity contribution in [1.82, 2.24) is 10.2 Å². The number of carbonyl (C=O) groups is 4. The molecule has 4 amide bonds. The Balaban J connectivity index is 1.44. The molecule has 1 heterocycles. The Hall–Kier alpha value is -4.93. The molecule has 39 heavy (non-hydrogen) atoms. The minimum Gasteiger partial charge on any atom is -0.323 e. The number of nitrogens with one attached hydrogen (secondary N) is 5. The van der Waals surface area contributed by atoms with E-state index in [1.165, 1.54) is 24.4 Å². The van der Waals surface area contributed by atoms with E-state index in [9.17, 15) is 19.2 Å². The van der Waals surface area contributed by atoms with Crippen LogP contribution in [0, 0.1) is 0 Å². The van der Waals surface area contributed by atoms with Gasteiger partial charge in [-0.25, -0.2) is 0 Å². The van der Waals surface area contributed by atoms with Gasteiger partial charge in [-0.2, -0.15) is 5.10 Å². The second kappa shape index (κ2) is 12.1. The zero-order chi connectivity index (χ0) is 27.9. The number of hydrogen-bond acceptors (Lipinski definition) is 5. The van der Waals surface area contributed by atoms with Gasteiger partial charge in [0, 0.05) is 28.8 Å². The summed E-state index contributed by atoms with van der Waals surface area (Å²) < 4.78 is 0. The third kappa shape index (κ3) is 6.69. The van der Waals surface area contributed by atoms with Crippen LogP contribution in [0.4, 0.5) is 22.7 Å². The largest absolute Gasteiger partial charge is 0.323 e. The Labute approximate surface area is 232 Å². The van der Waals surface area contributed by atoms with Gasteiger partial charge in [-0.05, 0) is 54.6 Å². The molecule has 4 rings (SSSR count). The molecule has 0 atom stereocenters. The molecule has 0 unspecified atom stereocenters. The summed E-state index contributed by atoms with van der Waals surface area (Å²) in [6.07, 6.45) is 2.47. The van der Waals surface area contributed by atoms with Gasteiger partial charge >= 0.3 is 0 Å². The molecule has 4 aromatic rings. The Morgan fingerprint density at radius 3 is 2.00 bits per heavy atom. The summed E-state index contributed by atoms with van der Waals surface area (Å²) in [5, 5.41) is 17.4. The average Bonchev–Trinajstić information content (AvgIpc) is 3.37. The summed E-state index contributed by atoms with van der Waals surface area (Å²) in [7, 11) is 0. The highest BCUT2D eigenvalue weighted by Gasteiger charge is 2.20. The molecule has 0 aliphatic carbocycles. The van der Waals surface area contributed by atoms with Crippen LogP contribution in [0.2, 0.25) is 10.0 Å². The first kappa shape index (κ1) is 27.1. The highest BCUT2D eigenvalue weighted by atomic mass is 35.5. The number of halogens is 2. The van der Waals surface area contributed by atoms with Gasteiger partial charge in [0.25, 0.3) is 17.7 Å². The fraction of sp³-hybridized carbons (Fsp3) is 0. The zero-order valence-corrected chi connectivity index (χ0v) is 21.6. The summed E-state index contributed by atoms with van der Waals surface area (Å²) in [5.41, 5.74) is 1.60. The third-order valence-corrected chi connectivity index (χ3v) is 5.88. The van der Waals surface area contributed by atoms with Crippen molar-refractivity contribution in [2.24, 2.45) is 0 Å². The van der Waals surface area contributed by atoms with E-state index in [1.54, 1.807) is 48.5 Å². The molecule has 0 fully saturated rings. The summed E-state index contributed by atoms with van der Waals surface area (Å²) >= 11 is 12.2. The van der Waals surface area contributed by atoms with Gasteiger partial charge in [-0.15, -0.1) is 0 Å². The van der Waals surface area contributed by atoms with Crippen LogP contribution < -0.4 is 21.3 Å². The van der Waals surface area contributed by atoms with Crippen LogP contribution in [0.15, 0.2) is 85.6 Å². The molecule has 0 saturated heterocycles. The van der Waals surface area contributed by atoms with E-state index in [4.69, 9.17) is 23.2 Å². The number of amides is 4. The van der Waals surface area contributed by atoms with Crippen LogP contribution in [0.5, 0.6) is 0 Å². The molecule has 1 aromatic heterocycles. The highest BCUT2D eigenvalue weighted by Crippen LogP contribution is 2.26. The molecule has 3 aromatic carbocycles. The lowest BCUT2D eigenvalue weighted by Crippen LogP contribution is -2.18. The number of nitrogens with zero attached hydrogens (tertiary/aromatic N) is 1. The number of aromatic amines is 1. The van der Waals surface area contributed by atoms with E-state index in [1.807, 2.05) is 0 Å². The van der Waals surface area contributed by atoms with Gasteiger partial charge in [0.2, 0.25) is 5.91 Å². The highest BCUT2D eigenvalue weighted by molar-refractivity contribution is 6.40. The lowest BCUT2D eigenvalue weighted by molar-refractivity contribution is -0.111. The molecule has 0 saturated carbocycles. The molecule has 0 bridgehead atoms. The minimum absolute atomic E-state index is 0.0606. The second-order valence-electron chi connectivity index (χ2n) is 7.96. The van der Waals surface area contributed by atoms with Gasteiger partial charge in [0.05, 0.1) is 21.3 Å². The van der Waals surface area contributed by atoms with Crippen molar-refractivity contribution in [3.63, 3.8) is 0 Å². The SMILES string of the molecule is C=CC(=O)Nc1cccc(C(=O)Nc2cccc(NC(=O)c3n[nH]cc3NC(=O)c3c(Cl)cccc3Cl)c2)c1. The summed E-state index contributed by atoms with van der Waals surface area (Å²) in [5.74, 6) is -2.06. The minimum atomic E-state index is -0.619. The number of carbonyl (C=O) groups excluding carboxylic acids is 4. The molecule has 10 nitrogen and oxygen atoms in total. The molecule has 12 heteroatoms. The van der Waals surface area contributed by atoms with E-state index in [0.29, 0.717) is 22.6 Å². The average molecular weight is 563 g/mol. The van der Waals surface area contributed by atoms with E-state index in [0.717, 1.165) is 6.08 Å². The van der Waals surface area contributed by atoms with Crippen molar-refractivity contribution in [3.8, 4) is 0 Å². The van der Waals surface area contributed by atoms with Crippen LogP contribution in [0.1, 0.15) is 31.2 Å². The normalized spacial score (nSPS) is 10.3. The van der Waals surface area contributed by atoms with Crippen molar-refractivity contribution in [2.75, 3.05) is 21.3 Å². The fourth-order valence-corrected chi connectivity index (χ4v) is 4.03. The van der Waals surface area contributed by atoms with Crippen LogP contribution in [0.25, 0.3) is 0 Å². The first-order valence-corrected chi connectivity index (χ1v) is 12.1. The summed E-state index contributed by atoms with van der Waals surface area (Å²) in [6, 6.07) is 17.5. The van der Waals surface area contributed by atoms with Gasteiger partial charge in [-0.1, -0.05) is 48.0 Å². The third-order valence-electron chi connectivity index (χ3n) is 5.25. The predicted octanol–water partition coefficient (Wildman–Crippen LogP) is 5.60. The van der Waals surface area contributed by atoms with E-state index >= 15 is 0 Å². The van der Waals surface area contributed by atoms with Crippen molar-refractivity contribution in [2.45, 2.75) is 0 Å². The standard InChI is InChI=1S/C27H20Cl2N6O4/c1-2-22(36)31-16-7-3-6-15(12-16)25(37)32-17-8-4-9-18(13-17)33-27(39)24-21(14-30-35-24)34-26(38)23-19(28)10-5-11-20(23)29/h2-14H,1H2,(H,30,35)(H,31,36)(H,32,37)(H,33,39)(H,34,38). The predicted molar refractivity (Wildman–Crippen MR) is 151 cm³/mol. The molecule has 5 N–H and O–H groups in total. The lowest BCUT2D eigenvalue weighted by Gasteiger charge is -2.10. The van der Waals surface area contributed by atoms with Crippen molar-refractivity contribution < 1.29 is 19.2 Å². The Morgan fingerprint density at radius 2 is 1.33 bits per heavy atom.